The zero-order valence-electron chi connectivity index (χ0n) is 13.9. The Labute approximate surface area is 160 Å². The molecule has 2 aromatic carbocycles. The Bertz CT molecular complexity index is 857. The molecule has 0 radical (unpaired) electrons. The highest BCUT2D eigenvalue weighted by atomic mass is 35.5. The fourth-order valence-corrected chi connectivity index (χ4v) is 2.96. The van der Waals surface area contributed by atoms with E-state index in [0.717, 1.165) is 0 Å². The summed E-state index contributed by atoms with van der Waals surface area (Å²) < 4.78 is 10.5. The molecule has 0 fully saturated rings. The van der Waals surface area contributed by atoms with E-state index < -0.39 is 0 Å². The molecule has 0 spiro atoms. The Morgan fingerprint density at radius 2 is 1.92 bits per heavy atom. The predicted molar refractivity (Wildman–Crippen MR) is 100 cm³/mol. The Hall–Kier alpha value is -2.44. The monoisotopic (exact) mass is 394 g/mol. The van der Waals surface area contributed by atoms with Crippen molar-refractivity contribution in [3.63, 3.8) is 0 Å². The SMILES string of the molecule is CC(=O)N(CCC(=O)Nc1ccc2c(c1)OCO2)c1cccc(Cl)c1Cl. The van der Waals surface area contributed by atoms with Gasteiger partial charge in [0, 0.05) is 31.6 Å². The Morgan fingerprint density at radius 3 is 2.69 bits per heavy atom. The molecule has 0 saturated carbocycles. The molecule has 0 atom stereocenters. The van der Waals surface area contributed by atoms with Gasteiger partial charge in [-0.05, 0) is 24.3 Å². The standard InChI is InChI=1S/C18H16Cl2N2O4/c1-11(23)22(14-4-2-3-13(19)18(14)20)8-7-17(24)21-12-5-6-15-16(9-12)26-10-25-15/h2-6,9H,7-8,10H2,1H3,(H,21,24). The number of ether oxygens (including phenoxy) is 2. The molecule has 0 unspecified atom stereocenters. The Balaban J connectivity index is 1.65. The maximum Gasteiger partial charge on any atom is 0.231 e. The summed E-state index contributed by atoms with van der Waals surface area (Å²) in [6.07, 6.45) is 0.0941. The van der Waals surface area contributed by atoms with Gasteiger partial charge in [0.25, 0.3) is 0 Å². The average Bonchev–Trinajstić information content (AvgIpc) is 3.06. The molecular weight excluding hydrogens is 379 g/mol. The molecule has 1 aliphatic rings. The lowest BCUT2D eigenvalue weighted by Crippen LogP contribution is -2.32. The molecule has 1 aliphatic heterocycles. The first kappa shape index (κ1) is 18.4. The second kappa shape index (κ2) is 7.85. The minimum Gasteiger partial charge on any atom is -0.454 e. The van der Waals surface area contributed by atoms with Gasteiger partial charge in [0.1, 0.15) is 0 Å². The van der Waals surface area contributed by atoms with E-state index in [1.165, 1.54) is 11.8 Å². The van der Waals surface area contributed by atoms with Crippen LogP contribution in [0.5, 0.6) is 11.5 Å². The van der Waals surface area contributed by atoms with Gasteiger partial charge in [0.05, 0.1) is 15.7 Å². The van der Waals surface area contributed by atoms with Crippen LogP contribution in [0.2, 0.25) is 10.0 Å². The Kier molecular flexibility index (Phi) is 5.54. The number of nitrogens with one attached hydrogen (secondary N) is 1. The smallest absolute Gasteiger partial charge is 0.231 e. The van der Waals surface area contributed by atoms with Crippen LogP contribution in [0.1, 0.15) is 13.3 Å². The molecule has 3 rings (SSSR count). The number of rotatable bonds is 5. The van der Waals surface area contributed by atoms with Crippen molar-refractivity contribution < 1.29 is 19.1 Å². The summed E-state index contributed by atoms with van der Waals surface area (Å²) in [4.78, 5) is 25.6. The van der Waals surface area contributed by atoms with Crippen molar-refractivity contribution in [2.75, 3.05) is 23.6 Å². The van der Waals surface area contributed by atoms with Crippen molar-refractivity contribution in [3.05, 3.63) is 46.4 Å². The molecule has 0 aliphatic carbocycles. The maximum atomic E-state index is 12.2. The maximum absolute atomic E-state index is 12.2. The topological polar surface area (TPSA) is 67.9 Å². The van der Waals surface area contributed by atoms with Crippen LogP contribution in [0.15, 0.2) is 36.4 Å². The molecule has 26 heavy (non-hydrogen) atoms. The number of amides is 2. The zero-order chi connectivity index (χ0) is 18.7. The number of hydrogen-bond acceptors (Lipinski definition) is 4. The number of halogens is 2. The number of anilines is 2. The van der Waals surface area contributed by atoms with E-state index in [-0.39, 0.29) is 36.6 Å². The molecule has 1 N–H and O–H groups in total. The third-order valence-corrected chi connectivity index (χ3v) is 4.63. The number of carbonyl (C=O) groups excluding carboxylic acids is 2. The summed E-state index contributed by atoms with van der Waals surface area (Å²) in [5, 5.41) is 3.40. The molecule has 8 heteroatoms. The van der Waals surface area contributed by atoms with E-state index in [2.05, 4.69) is 5.32 Å². The second-order valence-electron chi connectivity index (χ2n) is 5.61. The van der Waals surface area contributed by atoms with Gasteiger partial charge >= 0.3 is 0 Å². The molecule has 0 bridgehead atoms. The molecule has 2 amide bonds. The summed E-state index contributed by atoms with van der Waals surface area (Å²) >= 11 is 12.2. The number of carbonyl (C=O) groups is 2. The molecule has 0 aromatic heterocycles. The van der Waals surface area contributed by atoms with Gasteiger partial charge in [-0.3, -0.25) is 9.59 Å². The van der Waals surface area contributed by atoms with Crippen LogP contribution in [0.3, 0.4) is 0 Å². The highest BCUT2D eigenvalue weighted by Crippen LogP contribution is 2.34. The van der Waals surface area contributed by atoms with Crippen molar-refractivity contribution in [1.29, 1.82) is 0 Å². The average molecular weight is 395 g/mol. The summed E-state index contributed by atoms with van der Waals surface area (Å²) in [6.45, 7) is 1.75. The number of nitrogens with zero attached hydrogens (tertiary/aromatic N) is 1. The molecule has 0 saturated heterocycles. The van der Waals surface area contributed by atoms with Crippen LogP contribution < -0.4 is 19.7 Å². The van der Waals surface area contributed by atoms with Crippen molar-refractivity contribution in [2.45, 2.75) is 13.3 Å². The van der Waals surface area contributed by atoms with Gasteiger partial charge in [-0.15, -0.1) is 0 Å². The van der Waals surface area contributed by atoms with Crippen LogP contribution in [-0.4, -0.2) is 25.2 Å². The van der Waals surface area contributed by atoms with Crippen molar-refractivity contribution >= 4 is 46.4 Å². The van der Waals surface area contributed by atoms with Gasteiger partial charge in [-0.25, -0.2) is 0 Å². The summed E-state index contributed by atoms with van der Waals surface area (Å²) in [5.74, 6) is 0.749. The van der Waals surface area contributed by atoms with Crippen LogP contribution in [0.4, 0.5) is 11.4 Å². The summed E-state index contributed by atoms with van der Waals surface area (Å²) in [5.41, 5.74) is 1.07. The van der Waals surface area contributed by atoms with Crippen LogP contribution in [-0.2, 0) is 9.59 Å². The lowest BCUT2D eigenvalue weighted by Gasteiger charge is -2.22. The minimum absolute atomic E-state index is 0.0941. The minimum atomic E-state index is -0.242. The van der Waals surface area contributed by atoms with Crippen molar-refractivity contribution in [1.82, 2.24) is 0 Å². The molecule has 136 valence electrons. The number of benzene rings is 2. The van der Waals surface area contributed by atoms with E-state index in [1.807, 2.05) is 0 Å². The van der Waals surface area contributed by atoms with Crippen LogP contribution in [0, 0.1) is 0 Å². The van der Waals surface area contributed by atoms with Gasteiger partial charge in [-0.1, -0.05) is 29.3 Å². The fourth-order valence-electron chi connectivity index (χ4n) is 2.56. The van der Waals surface area contributed by atoms with Crippen LogP contribution in [0.25, 0.3) is 0 Å². The molecule has 6 nitrogen and oxygen atoms in total. The molecule has 2 aromatic rings. The van der Waals surface area contributed by atoms with Gasteiger partial charge in [0.2, 0.25) is 18.6 Å². The molecular formula is C18H16Cl2N2O4. The number of fused-ring (bicyclic) bond motifs is 1. The largest absolute Gasteiger partial charge is 0.454 e. The quantitative estimate of drug-likeness (QED) is 0.828. The van der Waals surface area contributed by atoms with E-state index in [0.29, 0.717) is 27.9 Å². The van der Waals surface area contributed by atoms with Gasteiger partial charge in [-0.2, -0.15) is 0 Å². The first-order valence-electron chi connectivity index (χ1n) is 7.87. The van der Waals surface area contributed by atoms with Gasteiger partial charge in [0.15, 0.2) is 11.5 Å². The van der Waals surface area contributed by atoms with Crippen LogP contribution >= 0.6 is 23.2 Å². The third-order valence-electron chi connectivity index (χ3n) is 3.82. The van der Waals surface area contributed by atoms with E-state index in [4.69, 9.17) is 32.7 Å². The fraction of sp³-hybridized carbons (Fsp3) is 0.222. The van der Waals surface area contributed by atoms with Gasteiger partial charge < -0.3 is 19.7 Å². The lowest BCUT2D eigenvalue weighted by molar-refractivity contribution is -0.117. The van der Waals surface area contributed by atoms with E-state index in [9.17, 15) is 9.59 Å². The zero-order valence-corrected chi connectivity index (χ0v) is 15.4. The normalized spacial score (nSPS) is 12.0. The highest BCUT2D eigenvalue weighted by molar-refractivity contribution is 6.44. The highest BCUT2D eigenvalue weighted by Gasteiger charge is 2.18. The third kappa shape index (κ3) is 4.03. The van der Waals surface area contributed by atoms with E-state index in [1.54, 1.807) is 36.4 Å². The predicted octanol–water partition coefficient (Wildman–Crippen LogP) is 4.10. The lowest BCUT2D eigenvalue weighted by atomic mass is 10.2. The molecule has 1 heterocycles. The first-order chi connectivity index (χ1) is 12.5. The summed E-state index contributed by atoms with van der Waals surface area (Å²) in [6, 6.07) is 10.2. The first-order valence-corrected chi connectivity index (χ1v) is 8.63. The summed E-state index contributed by atoms with van der Waals surface area (Å²) in [7, 11) is 0. The van der Waals surface area contributed by atoms with E-state index >= 15 is 0 Å². The second-order valence-corrected chi connectivity index (χ2v) is 6.39. The van der Waals surface area contributed by atoms with Crippen molar-refractivity contribution in [3.8, 4) is 11.5 Å². The van der Waals surface area contributed by atoms with Crippen molar-refractivity contribution in [2.24, 2.45) is 0 Å². The number of hydrogen-bond donors (Lipinski definition) is 1. The Morgan fingerprint density at radius 1 is 1.15 bits per heavy atom.